The van der Waals surface area contributed by atoms with Gasteiger partial charge in [0.25, 0.3) is 5.91 Å². The van der Waals surface area contributed by atoms with Crippen molar-refractivity contribution in [2.75, 3.05) is 5.32 Å². The lowest BCUT2D eigenvalue weighted by Crippen LogP contribution is -2.27. The van der Waals surface area contributed by atoms with Gasteiger partial charge < -0.3 is 20.3 Å². The van der Waals surface area contributed by atoms with E-state index in [1.807, 2.05) is 41.0 Å². The highest BCUT2D eigenvalue weighted by Gasteiger charge is 2.30. The molecule has 1 amide bonds. The van der Waals surface area contributed by atoms with Crippen LogP contribution in [0.15, 0.2) is 85.2 Å². The number of benzene rings is 2. The molecule has 35 heavy (non-hydrogen) atoms. The molecule has 5 rings (SSSR count). The molecule has 0 spiro atoms. The predicted octanol–water partition coefficient (Wildman–Crippen LogP) is 3.91. The fourth-order valence-electron chi connectivity index (χ4n) is 4.23. The number of amides is 1. The van der Waals surface area contributed by atoms with Crippen molar-refractivity contribution in [2.24, 2.45) is 0 Å². The lowest BCUT2D eigenvalue weighted by Gasteiger charge is -2.18. The Bertz CT molecular complexity index is 1410. The van der Waals surface area contributed by atoms with Gasteiger partial charge in [-0.15, -0.1) is 0 Å². The van der Waals surface area contributed by atoms with E-state index in [0.717, 1.165) is 16.8 Å². The monoisotopic (exact) mass is 466 g/mol. The van der Waals surface area contributed by atoms with Gasteiger partial charge in [0, 0.05) is 35.9 Å². The van der Waals surface area contributed by atoms with Gasteiger partial charge in [0.2, 0.25) is 0 Å². The van der Waals surface area contributed by atoms with Crippen LogP contribution in [-0.2, 0) is 13.1 Å². The minimum absolute atomic E-state index is 0.108. The van der Waals surface area contributed by atoms with Gasteiger partial charge in [-0.3, -0.25) is 14.6 Å². The summed E-state index contributed by atoms with van der Waals surface area (Å²) < 4.78 is 1.85. The van der Waals surface area contributed by atoms with Crippen LogP contribution in [0.5, 0.6) is 0 Å². The van der Waals surface area contributed by atoms with Crippen molar-refractivity contribution >= 4 is 23.3 Å². The highest BCUT2D eigenvalue weighted by molar-refractivity contribution is 6.03. The molecule has 174 valence electrons. The first-order chi connectivity index (χ1) is 17.0. The Morgan fingerprint density at radius 1 is 0.971 bits per heavy atom. The van der Waals surface area contributed by atoms with E-state index in [1.54, 1.807) is 24.5 Å². The van der Waals surface area contributed by atoms with Crippen LogP contribution < -0.4 is 10.6 Å². The number of carboxylic acid groups (broad SMARTS) is 1. The zero-order valence-corrected chi connectivity index (χ0v) is 18.6. The largest absolute Gasteiger partial charge is 0.478 e. The van der Waals surface area contributed by atoms with Gasteiger partial charge in [-0.1, -0.05) is 36.4 Å². The summed E-state index contributed by atoms with van der Waals surface area (Å²) in [4.78, 5) is 41.9. The molecule has 2 aromatic carbocycles. The molecular formula is C27H22N4O4. The zero-order chi connectivity index (χ0) is 24.4. The van der Waals surface area contributed by atoms with Crippen LogP contribution in [-0.4, -0.2) is 32.3 Å². The van der Waals surface area contributed by atoms with Crippen molar-refractivity contribution in [1.82, 2.24) is 14.9 Å². The molecule has 1 aliphatic heterocycles. The van der Waals surface area contributed by atoms with Crippen LogP contribution in [0, 0.1) is 0 Å². The number of carboxylic acids is 1. The summed E-state index contributed by atoms with van der Waals surface area (Å²) in [7, 11) is 0. The predicted molar refractivity (Wildman–Crippen MR) is 129 cm³/mol. The summed E-state index contributed by atoms with van der Waals surface area (Å²) in [5, 5.41) is 15.4. The molecule has 3 N–H and O–H groups in total. The molecule has 0 aliphatic carbocycles. The summed E-state index contributed by atoms with van der Waals surface area (Å²) in [5.41, 5.74) is 4.22. The van der Waals surface area contributed by atoms with Crippen molar-refractivity contribution in [3.8, 4) is 0 Å². The Kier molecular flexibility index (Phi) is 5.85. The summed E-state index contributed by atoms with van der Waals surface area (Å²) in [6.45, 7) is 0.753. The van der Waals surface area contributed by atoms with E-state index in [1.165, 1.54) is 24.3 Å². The number of hydrogen-bond donors (Lipinski definition) is 3. The van der Waals surface area contributed by atoms with E-state index in [9.17, 15) is 14.4 Å². The number of rotatable bonds is 6. The maximum absolute atomic E-state index is 13.6. The number of fused-ring (bicyclic) bond motifs is 2. The normalized spacial score (nSPS) is 14.1. The van der Waals surface area contributed by atoms with Gasteiger partial charge in [0.05, 0.1) is 12.1 Å². The molecule has 0 radical (unpaired) electrons. The Hall–Kier alpha value is -4.72. The maximum Gasteiger partial charge on any atom is 0.335 e. The number of nitrogens with one attached hydrogen (secondary N) is 2. The molecule has 0 saturated carbocycles. The lowest BCUT2D eigenvalue weighted by atomic mass is 10.00. The summed E-state index contributed by atoms with van der Waals surface area (Å²) >= 11 is 0. The third-order valence-electron chi connectivity index (χ3n) is 6.04. The molecule has 8 nitrogen and oxygen atoms in total. The van der Waals surface area contributed by atoms with Crippen molar-refractivity contribution in [2.45, 2.75) is 19.1 Å². The third kappa shape index (κ3) is 4.41. The van der Waals surface area contributed by atoms with Crippen LogP contribution in [0.2, 0.25) is 0 Å². The Balaban J connectivity index is 1.49. The minimum atomic E-state index is -1.05. The van der Waals surface area contributed by atoms with Crippen molar-refractivity contribution in [3.63, 3.8) is 0 Å². The average Bonchev–Trinajstić information content (AvgIpc) is 3.22. The second kappa shape index (κ2) is 9.26. The zero-order valence-electron chi connectivity index (χ0n) is 18.6. The number of anilines is 1. The molecule has 1 unspecified atom stereocenters. The fraction of sp³-hybridized carbons (Fsp3) is 0.111. The number of nitrogens with zero attached hydrogens (tertiary/aromatic N) is 2. The number of carbonyl (C=O) groups is 3. The fourth-order valence-corrected chi connectivity index (χ4v) is 4.23. The number of Topliss-reactive ketones (excluding diaryl/α,β-unsaturated/α-hetero) is 1. The van der Waals surface area contributed by atoms with Crippen LogP contribution >= 0.6 is 0 Å². The van der Waals surface area contributed by atoms with Gasteiger partial charge in [-0.2, -0.15) is 0 Å². The maximum atomic E-state index is 13.6. The Morgan fingerprint density at radius 2 is 1.74 bits per heavy atom. The number of ketones is 1. The molecule has 1 atom stereocenters. The quantitative estimate of drug-likeness (QED) is 0.372. The molecule has 3 heterocycles. The van der Waals surface area contributed by atoms with E-state index in [-0.39, 0.29) is 17.3 Å². The topological polar surface area (TPSA) is 113 Å². The first kappa shape index (κ1) is 22.1. The smallest absolute Gasteiger partial charge is 0.335 e. The molecule has 2 aromatic heterocycles. The summed E-state index contributed by atoms with van der Waals surface area (Å²) in [6, 6.07) is 20.0. The van der Waals surface area contributed by atoms with Crippen LogP contribution in [0.3, 0.4) is 0 Å². The number of hydrogen-bond acceptors (Lipinski definition) is 5. The van der Waals surface area contributed by atoms with E-state index in [0.29, 0.717) is 30.0 Å². The second-order valence-electron chi connectivity index (χ2n) is 8.25. The summed E-state index contributed by atoms with van der Waals surface area (Å²) in [6.07, 6.45) is 3.37. The van der Waals surface area contributed by atoms with Crippen molar-refractivity contribution in [3.05, 3.63) is 119 Å². The van der Waals surface area contributed by atoms with Gasteiger partial charge in [0.1, 0.15) is 11.7 Å². The number of aromatic carboxylic acids is 1. The first-order valence-corrected chi connectivity index (χ1v) is 11.1. The van der Waals surface area contributed by atoms with Crippen LogP contribution in [0.25, 0.3) is 0 Å². The number of pyridine rings is 1. The molecule has 4 aromatic rings. The number of para-hydroxylation sites is 1. The lowest BCUT2D eigenvalue weighted by molar-refractivity contribution is 0.0696. The van der Waals surface area contributed by atoms with E-state index >= 15 is 0 Å². The van der Waals surface area contributed by atoms with Crippen LogP contribution in [0.4, 0.5) is 5.69 Å². The van der Waals surface area contributed by atoms with Gasteiger partial charge >= 0.3 is 5.97 Å². The van der Waals surface area contributed by atoms with Gasteiger partial charge in [-0.25, -0.2) is 4.79 Å². The molecule has 0 saturated heterocycles. The molecule has 0 bridgehead atoms. The molecule has 0 fully saturated rings. The standard InChI is InChI=1S/C27H22N4O4/c32-25(18-7-9-19(10-8-18)27(34)35)24-22-11-12-23(26(33)29-15-17-4-3-13-28-14-17)31(22)16-20-5-1-2-6-21(20)30-24/h1-14,24,30H,15-16H2,(H,29,33)(H,34,35). The highest BCUT2D eigenvalue weighted by atomic mass is 16.4. The molecular weight excluding hydrogens is 444 g/mol. The minimum Gasteiger partial charge on any atom is -0.478 e. The SMILES string of the molecule is O=C(O)c1ccc(C(=O)C2Nc3ccccc3Cn3c(C(=O)NCc4cccnc4)ccc32)cc1. The van der Waals surface area contributed by atoms with Gasteiger partial charge in [0.15, 0.2) is 5.78 Å². The number of carbonyl (C=O) groups excluding carboxylic acids is 2. The number of aromatic nitrogens is 2. The third-order valence-corrected chi connectivity index (χ3v) is 6.04. The van der Waals surface area contributed by atoms with E-state index in [2.05, 4.69) is 15.6 Å². The Morgan fingerprint density at radius 3 is 2.49 bits per heavy atom. The Labute approximate surface area is 201 Å². The van der Waals surface area contributed by atoms with E-state index in [4.69, 9.17) is 5.11 Å². The molecule has 8 heteroatoms. The molecule has 1 aliphatic rings. The summed E-state index contributed by atoms with van der Waals surface area (Å²) in [5.74, 6) is -1.53. The first-order valence-electron chi connectivity index (χ1n) is 11.1. The average molecular weight is 466 g/mol. The van der Waals surface area contributed by atoms with Crippen molar-refractivity contribution < 1.29 is 19.5 Å². The highest BCUT2D eigenvalue weighted by Crippen LogP contribution is 2.32. The second-order valence-corrected chi connectivity index (χ2v) is 8.25. The van der Waals surface area contributed by atoms with Crippen molar-refractivity contribution in [1.29, 1.82) is 0 Å². The van der Waals surface area contributed by atoms with Crippen LogP contribution in [0.1, 0.15) is 54.1 Å². The van der Waals surface area contributed by atoms with Gasteiger partial charge in [-0.05, 0) is 47.5 Å². The van der Waals surface area contributed by atoms with E-state index < -0.39 is 12.0 Å².